The molecule has 0 radical (unpaired) electrons. The van der Waals surface area contributed by atoms with Crippen LogP contribution in [-0.2, 0) is 17.9 Å². The second kappa shape index (κ2) is 7.92. The van der Waals surface area contributed by atoms with Crippen LogP contribution >= 0.6 is 0 Å². The molecule has 0 spiro atoms. The minimum absolute atomic E-state index is 0.0861. The Morgan fingerprint density at radius 1 is 1.30 bits per heavy atom. The summed E-state index contributed by atoms with van der Waals surface area (Å²) in [5, 5.41) is 11.7. The Balaban J connectivity index is 2.08. The molecule has 2 aromatic rings. The van der Waals surface area contributed by atoms with E-state index in [2.05, 4.69) is 10.3 Å². The second-order valence-corrected chi connectivity index (χ2v) is 4.83. The molecule has 0 atom stereocenters. The highest BCUT2D eigenvalue weighted by Gasteiger charge is 2.05. The summed E-state index contributed by atoms with van der Waals surface area (Å²) in [7, 11) is 1.61. The summed E-state index contributed by atoms with van der Waals surface area (Å²) in [6.45, 7) is 0.531. The fraction of sp³-hybridized carbons (Fsp3) is 0.176. The summed E-state index contributed by atoms with van der Waals surface area (Å²) in [5.41, 5.74) is 8.23. The van der Waals surface area contributed by atoms with Gasteiger partial charge in [-0.05, 0) is 18.2 Å². The van der Waals surface area contributed by atoms with Crippen LogP contribution in [0.2, 0.25) is 0 Å². The van der Waals surface area contributed by atoms with E-state index in [1.54, 1.807) is 13.2 Å². The van der Waals surface area contributed by atoms with Crippen molar-refractivity contribution in [2.24, 2.45) is 10.7 Å². The van der Waals surface area contributed by atoms with Crippen LogP contribution in [0.1, 0.15) is 16.7 Å². The first-order chi connectivity index (χ1) is 11.1. The van der Waals surface area contributed by atoms with Crippen molar-refractivity contribution in [2.75, 3.05) is 12.4 Å². The number of nitriles is 1. The minimum Gasteiger partial charge on any atom is -0.380 e. The number of hydrogen-bond donors (Lipinski definition) is 2. The van der Waals surface area contributed by atoms with Gasteiger partial charge >= 0.3 is 0 Å². The van der Waals surface area contributed by atoms with Crippen LogP contribution in [0.5, 0.6) is 0 Å². The quantitative estimate of drug-likeness (QED) is 0.657. The predicted molar refractivity (Wildman–Crippen MR) is 87.2 cm³/mol. The minimum atomic E-state index is -0.472. The first-order valence-corrected chi connectivity index (χ1v) is 6.96. The van der Waals surface area contributed by atoms with Gasteiger partial charge < -0.3 is 15.8 Å². The third kappa shape index (κ3) is 4.53. The molecule has 6 heteroatoms. The highest BCUT2D eigenvalue weighted by atomic mass is 19.1. The molecule has 3 N–H and O–H groups in total. The molecule has 118 valence electrons. The maximum atomic E-state index is 13.8. The van der Waals surface area contributed by atoms with Gasteiger partial charge in [0.2, 0.25) is 0 Å². The molecule has 0 amide bonds. The average molecular weight is 312 g/mol. The number of rotatable bonds is 5. The SMILES string of the molecule is COCc1ccccc1NC(N)=NCc1ccc(C#N)cc1F. The van der Waals surface area contributed by atoms with Crippen LogP contribution in [-0.4, -0.2) is 13.1 Å². The third-order valence-electron chi connectivity index (χ3n) is 3.18. The molecule has 0 unspecified atom stereocenters. The van der Waals surface area contributed by atoms with Gasteiger partial charge in [-0.3, -0.25) is 0 Å². The molecule has 0 saturated carbocycles. The van der Waals surface area contributed by atoms with Crippen LogP contribution in [0, 0.1) is 17.1 Å². The van der Waals surface area contributed by atoms with E-state index < -0.39 is 5.82 Å². The number of nitrogens with two attached hydrogens (primary N) is 1. The lowest BCUT2D eigenvalue weighted by Gasteiger charge is -2.11. The number of benzene rings is 2. The normalized spacial score (nSPS) is 11.1. The van der Waals surface area contributed by atoms with E-state index >= 15 is 0 Å². The summed E-state index contributed by atoms with van der Waals surface area (Å²) in [6, 6.07) is 13.7. The van der Waals surface area contributed by atoms with E-state index in [0.717, 1.165) is 11.3 Å². The molecule has 2 rings (SSSR count). The molecule has 5 nitrogen and oxygen atoms in total. The first-order valence-electron chi connectivity index (χ1n) is 6.96. The Bertz CT molecular complexity index is 752. The van der Waals surface area contributed by atoms with Crippen molar-refractivity contribution >= 4 is 11.6 Å². The lowest BCUT2D eigenvalue weighted by Crippen LogP contribution is -2.23. The van der Waals surface area contributed by atoms with Crippen molar-refractivity contribution in [3.05, 3.63) is 65.0 Å². The molecule has 0 fully saturated rings. The fourth-order valence-corrected chi connectivity index (χ4v) is 2.02. The highest BCUT2D eigenvalue weighted by Crippen LogP contribution is 2.16. The van der Waals surface area contributed by atoms with Gasteiger partial charge in [0, 0.05) is 23.9 Å². The van der Waals surface area contributed by atoms with Gasteiger partial charge in [0.05, 0.1) is 24.8 Å². The largest absolute Gasteiger partial charge is 0.380 e. The summed E-state index contributed by atoms with van der Waals surface area (Å²) in [5.74, 6) is -0.294. The number of guanidine groups is 1. The number of nitrogens with one attached hydrogen (secondary N) is 1. The summed E-state index contributed by atoms with van der Waals surface area (Å²) in [4.78, 5) is 4.13. The van der Waals surface area contributed by atoms with E-state index in [9.17, 15) is 4.39 Å². The number of methoxy groups -OCH3 is 1. The zero-order chi connectivity index (χ0) is 16.7. The number of hydrogen-bond acceptors (Lipinski definition) is 3. The lowest BCUT2D eigenvalue weighted by molar-refractivity contribution is 0.185. The summed E-state index contributed by atoms with van der Waals surface area (Å²) < 4.78 is 18.9. The standard InChI is InChI=1S/C17H17FN4O/c1-23-11-14-4-2-3-5-16(14)22-17(20)21-10-13-7-6-12(9-19)8-15(13)18/h2-8H,10-11H2,1H3,(H3,20,21,22). The second-order valence-electron chi connectivity index (χ2n) is 4.83. The Morgan fingerprint density at radius 2 is 2.09 bits per heavy atom. The van der Waals surface area contributed by atoms with Gasteiger partial charge in [-0.15, -0.1) is 0 Å². The van der Waals surface area contributed by atoms with Gasteiger partial charge in [-0.25, -0.2) is 9.38 Å². The van der Waals surface area contributed by atoms with Crippen molar-refractivity contribution < 1.29 is 9.13 Å². The molecule has 0 aliphatic carbocycles. The van der Waals surface area contributed by atoms with Gasteiger partial charge in [-0.2, -0.15) is 5.26 Å². The maximum Gasteiger partial charge on any atom is 0.193 e. The zero-order valence-corrected chi connectivity index (χ0v) is 12.7. The Hall–Kier alpha value is -2.91. The zero-order valence-electron chi connectivity index (χ0n) is 12.7. The number of aliphatic imine (C=N–C) groups is 1. The molecular formula is C17H17FN4O. The van der Waals surface area contributed by atoms with Crippen LogP contribution in [0.3, 0.4) is 0 Å². The number of halogens is 1. The smallest absolute Gasteiger partial charge is 0.193 e. The molecule has 0 heterocycles. The van der Waals surface area contributed by atoms with E-state index in [-0.39, 0.29) is 18.1 Å². The Morgan fingerprint density at radius 3 is 2.78 bits per heavy atom. The van der Waals surface area contributed by atoms with Crippen LogP contribution in [0.25, 0.3) is 0 Å². The van der Waals surface area contributed by atoms with E-state index in [1.165, 1.54) is 12.1 Å². The van der Waals surface area contributed by atoms with Gasteiger partial charge in [-0.1, -0.05) is 24.3 Å². The molecule has 0 aliphatic rings. The van der Waals surface area contributed by atoms with Crippen LogP contribution < -0.4 is 11.1 Å². The van der Waals surface area contributed by atoms with Crippen molar-refractivity contribution in [3.8, 4) is 6.07 Å². The summed E-state index contributed by atoms with van der Waals surface area (Å²) in [6.07, 6.45) is 0. The molecule has 0 aliphatic heterocycles. The number of nitrogens with zero attached hydrogens (tertiary/aromatic N) is 2. The number of para-hydroxylation sites is 1. The van der Waals surface area contributed by atoms with E-state index in [1.807, 2.05) is 30.3 Å². The molecular weight excluding hydrogens is 295 g/mol. The molecule has 2 aromatic carbocycles. The lowest BCUT2D eigenvalue weighted by atomic mass is 10.1. The third-order valence-corrected chi connectivity index (χ3v) is 3.18. The molecule has 0 bridgehead atoms. The van der Waals surface area contributed by atoms with Crippen LogP contribution in [0.4, 0.5) is 10.1 Å². The first kappa shape index (κ1) is 16.5. The fourth-order valence-electron chi connectivity index (χ4n) is 2.02. The number of ether oxygens (including phenoxy) is 1. The molecule has 0 saturated heterocycles. The van der Waals surface area contributed by atoms with Gasteiger partial charge in [0.15, 0.2) is 5.96 Å². The predicted octanol–water partition coefficient (Wildman–Crippen LogP) is 2.77. The van der Waals surface area contributed by atoms with Crippen LogP contribution in [0.15, 0.2) is 47.5 Å². The average Bonchev–Trinajstić information content (AvgIpc) is 2.55. The van der Waals surface area contributed by atoms with Crippen molar-refractivity contribution in [3.63, 3.8) is 0 Å². The Kier molecular flexibility index (Phi) is 5.67. The Labute approximate surface area is 134 Å². The molecule has 0 aromatic heterocycles. The number of anilines is 1. The van der Waals surface area contributed by atoms with Crippen molar-refractivity contribution in [1.82, 2.24) is 0 Å². The highest BCUT2D eigenvalue weighted by molar-refractivity contribution is 5.92. The molecule has 23 heavy (non-hydrogen) atoms. The van der Waals surface area contributed by atoms with Gasteiger partial charge in [0.25, 0.3) is 0 Å². The van der Waals surface area contributed by atoms with Gasteiger partial charge in [0.1, 0.15) is 5.82 Å². The van der Waals surface area contributed by atoms with Crippen molar-refractivity contribution in [2.45, 2.75) is 13.2 Å². The van der Waals surface area contributed by atoms with E-state index in [0.29, 0.717) is 12.2 Å². The monoisotopic (exact) mass is 312 g/mol. The van der Waals surface area contributed by atoms with E-state index in [4.69, 9.17) is 15.7 Å². The maximum absolute atomic E-state index is 13.8. The van der Waals surface area contributed by atoms with Crippen molar-refractivity contribution in [1.29, 1.82) is 5.26 Å². The summed E-state index contributed by atoms with van der Waals surface area (Å²) >= 11 is 0. The topological polar surface area (TPSA) is 83.4 Å².